The second-order valence-electron chi connectivity index (χ2n) is 7.46. The van der Waals surface area contributed by atoms with Gasteiger partial charge in [0, 0.05) is 17.1 Å². The molecular weight excluding hydrogens is 273 g/mol. The van der Waals surface area contributed by atoms with Gasteiger partial charge in [0.2, 0.25) is 0 Å². The van der Waals surface area contributed by atoms with Crippen molar-refractivity contribution in [1.29, 1.82) is 0 Å². The van der Waals surface area contributed by atoms with E-state index in [1.54, 1.807) is 6.92 Å². The van der Waals surface area contributed by atoms with Gasteiger partial charge in [-0.05, 0) is 63.1 Å². The predicted molar refractivity (Wildman–Crippen MR) is 86.0 cm³/mol. The zero-order chi connectivity index (χ0) is 15.6. The first-order chi connectivity index (χ1) is 9.00. The van der Waals surface area contributed by atoms with Crippen LogP contribution in [0.5, 0.6) is 0 Å². The maximum absolute atomic E-state index is 13.4. The van der Waals surface area contributed by atoms with E-state index in [9.17, 15) is 4.39 Å². The summed E-state index contributed by atoms with van der Waals surface area (Å²) in [5, 5.41) is 4.08. The van der Waals surface area contributed by atoms with Crippen LogP contribution in [0.25, 0.3) is 0 Å². The smallest absolute Gasteiger partial charge is 0.127 e. The third-order valence-electron chi connectivity index (χ3n) is 3.50. The van der Waals surface area contributed by atoms with Crippen LogP contribution in [0.1, 0.15) is 52.2 Å². The first kappa shape index (κ1) is 17.5. The Kier molecular flexibility index (Phi) is 5.62. The van der Waals surface area contributed by atoms with Gasteiger partial charge in [0.1, 0.15) is 5.82 Å². The molecule has 1 N–H and O–H groups in total. The van der Waals surface area contributed by atoms with Crippen LogP contribution in [0.3, 0.4) is 0 Å². The minimum absolute atomic E-state index is 0.126. The van der Waals surface area contributed by atoms with Crippen molar-refractivity contribution < 1.29 is 4.39 Å². The summed E-state index contributed by atoms with van der Waals surface area (Å²) in [6.45, 7) is 13.7. The molecule has 0 bridgehead atoms. The molecule has 1 aromatic rings. The Bertz CT molecular complexity index is 461. The normalized spacial score (nSPS) is 12.8. The lowest BCUT2D eigenvalue weighted by Crippen LogP contribution is -2.42. The van der Waals surface area contributed by atoms with Crippen LogP contribution >= 0.6 is 11.6 Å². The van der Waals surface area contributed by atoms with Gasteiger partial charge in [0.05, 0.1) is 0 Å². The maximum atomic E-state index is 13.4. The lowest BCUT2D eigenvalue weighted by atomic mass is 9.85. The zero-order valence-electron chi connectivity index (χ0n) is 13.5. The summed E-state index contributed by atoms with van der Waals surface area (Å²) in [6.07, 6.45) is 1.89. The fourth-order valence-electron chi connectivity index (χ4n) is 1.97. The molecule has 0 aliphatic heterocycles. The summed E-state index contributed by atoms with van der Waals surface area (Å²) in [6, 6.07) is 3.29. The summed E-state index contributed by atoms with van der Waals surface area (Å²) in [4.78, 5) is 0. The molecule has 0 radical (unpaired) electrons. The Labute approximate surface area is 127 Å². The average Bonchev–Trinajstić information content (AvgIpc) is 2.29. The van der Waals surface area contributed by atoms with Crippen LogP contribution in [0, 0.1) is 18.2 Å². The third kappa shape index (κ3) is 5.80. The number of aryl methyl sites for hydroxylation is 2. The van der Waals surface area contributed by atoms with Crippen molar-refractivity contribution in [3.63, 3.8) is 0 Å². The SMILES string of the molecule is Cc1cc(CCC(C)(C)CNC(C)(C)C)c(Cl)cc1F. The van der Waals surface area contributed by atoms with Gasteiger partial charge in [-0.3, -0.25) is 0 Å². The number of hydrogen-bond acceptors (Lipinski definition) is 1. The molecular formula is C17H27ClFN. The van der Waals surface area contributed by atoms with Gasteiger partial charge >= 0.3 is 0 Å². The molecule has 1 aromatic carbocycles. The van der Waals surface area contributed by atoms with Crippen LogP contribution in [0.4, 0.5) is 4.39 Å². The highest BCUT2D eigenvalue weighted by atomic mass is 35.5. The quantitative estimate of drug-likeness (QED) is 0.794. The van der Waals surface area contributed by atoms with Crippen LogP contribution in [0.2, 0.25) is 5.02 Å². The molecule has 0 spiro atoms. The lowest BCUT2D eigenvalue weighted by molar-refractivity contribution is 0.273. The van der Waals surface area contributed by atoms with E-state index in [1.807, 2.05) is 6.07 Å². The highest BCUT2D eigenvalue weighted by molar-refractivity contribution is 6.31. The molecule has 0 fully saturated rings. The second kappa shape index (κ2) is 6.44. The van der Waals surface area contributed by atoms with E-state index in [0.29, 0.717) is 10.6 Å². The van der Waals surface area contributed by atoms with Crippen LogP contribution in [-0.4, -0.2) is 12.1 Å². The fraction of sp³-hybridized carbons (Fsp3) is 0.647. The van der Waals surface area contributed by atoms with E-state index in [2.05, 4.69) is 39.9 Å². The molecule has 114 valence electrons. The van der Waals surface area contributed by atoms with E-state index in [4.69, 9.17) is 11.6 Å². The second-order valence-corrected chi connectivity index (χ2v) is 7.87. The number of hydrogen-bond donors (Lipinski definition) is 1. The molecule has 0 unspecified atom stereocenters. The molecule has 1 nitrogen and oxygen atoms in total. The van der Waals surface area contributed by atoms with Gasteiger partial charge in [-0.1, -0.05) is 31.5 Å². The first-order valence-electron chi connectivity index (χ1n) is 7.20. The summed E-state index contributed by atoms with van der Waals surface area (Å²) >= 11 is 6.12. The molecule has 20 heavy (non-hydrogen) atoms. The Morgan fingerprint density at radius 1 is 1.15 bits per heavy atom. The highest BCUT2D eigenvalue weighted by Gasteiger charge is 2.21. The molecule has 0 heterocycles. The Morgan fingerprint density at radius 2 is 1.75 bits per heavy atom. The van der Waals surface area contributed by atoms with Gasteiger partial charge < -0.3 is 5.32 Å². The summed E-state index contributed by atoms with van der Waals surface area (Å²) in [5.41, 5.74) is 2.00. The molecule has 0 atom stereocenters. The fourth-order valence-corrected chi connectivity index (χ4v) is 2.22. The minimum atomic E-state index is -0.229. The average molecular weight is 300 g/mol. The molecule has 1 rings (SSSR count). The van der Waals surface area contributed by atoms with Crippen molar-refractivity contribution >= 4 is 11.6 Å². The van der Waals surface area contributed by atoms with Gasteiger partial charge in [-0.25, -0.2) is 4.39 Å². The van der Waals surface area contributed by atoms with Crippen molar-refractivity contribution in [2.75, 3.05) is 6.54 Å². The lowest BCUT2D eigenvalue weighted by Gasteiger charge is -2.30. The van der Waals surface area contributed by atoms with Gasteiger partial charge in [0.25, 0.3) is 0 Å². The van der Waals surface area contributed by atoms with Crippen LogP contribution in [0.15, 0.2) is 12.1 Å². The van der Waals surface area contributed by atoms with Crippen LogP contribution < -0.4 is 5.32 Å². The van der Waals surface area contributed by atoms with Gasteiger partial charge in [-0.15, -0.1) is 0 Å². The van der Waals surface area contributed by atoms with Crippen molar-refractivity contribution in [1.82, 2.24) is 5.32 Å². The maximum Gasteiger partial charge on any atom is 0.127 e. The van der Waals surface area contributed by atoms with Crippen LogP contribution in [-0.2, 0) is 6.42 Å². The van der Waals surface area contributed by atoms with E-state index in [1.165, 1.54) is 6.07 Å². The Hall–Kier alpha value is -0.600. The van der Waals surface area contributed by atoms with E-state index in [0.717, 1.165) is 24.9 Å². The third-order valence-corrected chi connectivity index (χ3v) is 3.85. The number of halogens is 2. The monoisotopic (exact) mass is 299 g/mol. The Balaban J connectivity index is 2.64. The minimum Gasteiger partial charge on any atom is -0.312 e. The number of nitrogens with one attached hydrogen (secondary N) is 1. The highest BCUT2D eigenvalue weighted by Crippen LogP contribution is 2.27. The number of benzene rings is 1. The molecule has 0 saturated carbocycles. The van der Waals surface area contributed by atoms with Crippen molar-refractivity contribution in [3.8, 4) is 0 Å². The zero-order valence-corrected chi connectivity index (χ0v) is 14.3. The van der Waals surface area contributed by atoms with Crippen molar-refractivity contribution in [2.45, 2.75) is 59.9 Å². The standard InChI is InChI=1S/C17H27ClFN/c1-12-9-13(14(18)10-15(12)19)7-8-17(5,6)11-20-16(2,3)4/h9-10,20H,7-8,11H2,1-6H3. The van der Waals surface area contributed by atoms with E-state index >= 15 is 0 Å². The largest absolute Gasteiger partial charge is 0.312 e. The van der Waals surface area contributed by atoms with E-state index in [-0.39, 0.29) is 16.8 Å². The molecule has 0 saturated heterocycles. The van der Waals surface area contributed by atoms with Gasteiger partial charge in [0.15, 0.2) is 0 Å². The van der Waals surface area contributed by atoms with Crippen molar-refractivity contribution in [2.24, 2.45) is 5.41 Å². The molecule has 0 aliphatic rings. The molecule has 0 aromatic heterocycles. The van der Waals surface area contributed by atoms with Gasteiger partial charge in [-0.2, -0.15) is 0 Å². The summed E-state index contributed by atoms with van der Waals surface area (Å²) < 4.78 is 13.4. The number of rotatable bonds is 5. The topological polar surface area (TPSA) is 12.0 Å². The summed E-state index contributed by atoms with van der Waals surface area (Å²) in [5.74, 6) is -0.229. The van der Waals surface area contributed by atoms with E-state index < -0.39 is 0 Å². The predicted octanol–water partition coefficient (Wildman–Crippen LogP) is 5.13. The molecule has 3 heteroatoms. The van der Waals surface area contributed by atoms with Crippen molar-refractivity contribution in [3.05, 3.63) is 34.1 Å². The molecule has 0 amide bonds. The summed E-state index contributed by atoms with van der Waals surface area (Å²) in [7, 11) is 0. The first-order valence-corrected chi connectivity index (χ1v) is 7.57. The molecule has 0 aliphatic carbocycles. The Morgan fingerprint density at radius 3 is 2.30 bits per heavy atom.